The number of hydrogen-bond acceptors (Lipinski definition) is 3. The van der Waals surface area contributed by atoms with E-state index in [1.54, 1.807) is 11.8 Å². The van der Waals surface area contributed by atoms with Crippen LogP contribution in [0, 0.1) is 13.8 Å². The normalized spacial score (nSPS) is 10.7. The van der Waals surface area contributed by atoms with E-state index < -0.39 is 0 Å². The van der Waals surface area contributed by atoms with Gasteiger partial charge >= 0.3 is 0 Å². The van der Waals surface area contributed by atoms with Crippen molar-refractivity contribution in [1.29, 1.82) is 0 Å². The zero-order valence-corrected chi connectivity index (χ0v) is 15.6. The topological polar surface area (TPSA) is 38.3 Å². The van der Waals surface area contributed by atoms with Crippen LogP contribution in [0.5, 0.6) is 5.75 Å². The van der Waals surface area contributed by atoms with Crippen LogP contribution >= 0.6 is 11.8 Å². The van der Waals surface area contributed by atoms with Gasteiger partial charge in [-0.3, -0.25) is 4.79 Å². The molecule has 0 spiro atoms. The summed E-state index contributed by atoms with van der Waals surface area (Å²) < 4.78 is 5.75. The molecule has 2 aromatic carbocycles. The van der Waals surface area contributed by atoms with Crippen molar-refractivity contribution in [1.82, 2.24) is 5.32 Å². The Bertz CT molecular complexity index is 698. The minimum Gasteiger partial charge on any atom is -0.491 e. The smallest absolute Gasteiger partial charge is 0.252 e. The molecule has 0 heterocycles. The maximum atomic E-state index is 12.4. The van der Waals surface area contributed by atoms with E-state index >= 15 is 0 Å². The standard InChI is InChI=1S/C20H25NO2S/c1-14(2)24-19-8-6-5-7-17(19)20(22)21-11-12-23-18-10-9-15(3)13-16(18)4/h5-10,13-14H,11-12H2,1-4H3,(H,21,22). The van der Waals surface area contributed by atoms with Crippen molar-refractivity contribution >= 4 is 17.7 Å². The second-order valence-electron chi connectivity index (χ2n) is 6.04. The van der Waals surface area contributed by atoms with E-state index in [1.165, 1.54) is 5.56 Å². The van der Waals surface area contributed by atoms with Crippen LogP contribution < -0.4 is 10.1 Å². The van der Waals surface area contributed by atoms with E-state index in [0.717, 1.165) is 21.8 Å². The third kappa shape index (κ3) is 5.31. The van der Waals surface area contributed by atoms with Gasteiger partial charge in [-0.1, -0.05) is 43.7 Å². The van der Waals surface area contributed by atoms with Crippen molar-refractivity contribution in [2.24, 2.45) is 0 Å². The summed E-state index contributed by atoms with van der Waals surface area (Å²) >= 11 is 1.70. The highest BCUT2D eigenvalue weighted by atomic mass is 32.2. The largest absolute Gasteiger partial charge is 0.491 e. The number of amides is 1. The Kier molecular flexibility index (Phi) is 6.73. The molecule has 0 aliphatic heterocycles. The van der Waals surface area contributed by atoms with Crippen molar-refractivity contribution in [3.8, 4) is 5.75 Å². The van der Waals surface area contributed by atoms with Crippen LogP contribution in [-0.4, -0.2) is 24.3 Å². The third-order valence-corrected chi connectivity index (χ3v) is 4.55. The molecule has 4 heteroatoms. The van der Waals surface area contributed by atoms with Gasteiger partial charge in [-0.25, -0.2) is 0 Å². The lowest BCUT2D eigenvalue weighted by atomic mass is 10.1. The molecule has 3 nitrogen and oxygen atoms in total. The predicted molar refractivity (Wildman–Crippen MR) is 101 cm³/mol. The second kappa shape index (κ2) is 8.78. The summed E-state index contributed by atoms with van der Waals surface area (Å²) in [6.07, 6.45) is 0. The van der Waals surface area contributed by atoms with Crippen LogP contribution in [-0.2, 0) is 0 Å². The molecule has 1 amide bonds. The number of carbonyl (C=O) groups excluding carboxylic acids is 1. The van der Waals surface area contributed by atoms with Gasteiger partial charge in [0, 0.05) is 10.1 Å². The lowest BCUT2D eigenvalue weighted by Crippen LogP contribution is -2.28. The Morgan fingerprint density at radius 1 is 1.17 bits per heavy atom. The van der Waals surface area contributed by atoms with Gasteiger partial charge in [0.25, 0.3) is 5.91 Å². The Balaban J connectivity index is 1.87. The summed E-state index contributed by atoms with van der Waals surface area (Å²) in [6, 6.07) is 13.8. The fourth-order valence-corrected chi connectivity index (χ4v) is 3.35. The van der Waals surface area contributed by atoms with Crippen molar-refractivity contribution < 1.29 is 9.53 Å². The number of hydrogen-bond donors (Lipinski definition) is 1. The third-order valence-electron chi connectivity index (χ3n) is 3.47. The molecular formula is C20H25NO2S. The van der Waals surface area contributed by atoms with Gasteiger partial charge in [-0.15, -0.1) is 11.8 Å². The van der Waals surface area contributed by atoms with E-state index in [4.69, 9.17) is 4.74 Å². The zero-order chi connectivity index (χ0) is 17.5. The van der Waals surface area contributed by atoms with E-state index in [0.29, 0.717) is 18.4 Å². The van der Waals surface area contributed by atoms with E-state index in [2.05, 4.69) is 32.2 Å². The Labute approximate surface area is 148 Å². The SMILES string of the molecule is Cc1ccc(OCCNC(=O)c2ccccc2SC(C)C)c(C)c1. The molecule has 1 N–H and O–H groups in total. The fourth-order valence-electron chi connectivity index (χ4n) is 2.39. The van der Waals surface area contributed by atoms with E-state index in [1.807, 2.05) is 43.3 Å². The Morgan fingerprint density at radius 3 is 2.62 bits per heavy atom. The number of rotatable bonds is 7. The minimum atomic E-state index is -0.0528. The molecule has 0 saturated carbocycles. The molecule has 2 rings (SSSR count). The molecule has 0 radical (unpaired) electrons. The molecular weight excluding hydrogens is 318 g/mol. The molecule has 128 valence electrons. The molecule has 24 heavy (non-hydrogen) atoms. The van der Waals surface area contributed by atoms with Gasteiger partial charge in [0.15, 0.2) is 0 Å². The van der Waals surface area contributed by atoms with Crippen LogP contribution in [0.2, 0.25) is 0 Å². The van der Waals surface area contributed by atoms with Gasteiger partial charge in [-0.2, -0.15) is 0 Å². The van der Waals surface area contributed by atoms with Crippen LogP contribution in [0.4, 0.5) is 0 Å². The molecule has 2 aromatic rings. The lowest BCUT2D eigenvalue weighted by Gasteiger charge is -2.13. The van der Waals surface area contributed by atoms with Crippen molar-refractivity contribution in [3.63, 3.8) is 0 Å². The monoisotopic (exact) mass is 343 g/mol. The maximum absolute atomic E-state index is 12.4. The van der Waals surface area contributed by atoms with Gasteiger partial charge in [0.1, 0.15) is 12.4 Å². The molecule has 0 fully saturated rings. The van der Waals surface area contributed by atoms with Crippen molar-refractivity contribution in [2.45, 2.75) is 37.8 Å². The summed E-state index contributed by atoms with van der Waals surface area (Å²) in [4.78, 5) is 13.4. The predicted octanol–water partition coefficient (Wildman–Crippen LogP) is 4.61. The number of benzene rings is 2. The van der Waals surface area contributed by atoms with Gasteiger partial charge in [0.2, 0.25) is 0 Å². The molecule has 0 bridgehead atoms. The number of aryl methyl sites for hydroxylation is 2. The molecule has 0 saturated heterocycles. The Morgan fingerprint density at radius 2 is 1.92 bits per heavy atom. The molecule has 0 unspecified atom stereocenters. The number of carbonyl (C=O) groups is 1. The number of thioether (sulfide) groups is 1. The summed E-state index contributed by atoms with van der Waals surface area (Å²) in [5.41, 5.74) is 3.05. The average molecular weight is 343 g/mol. The summed E-state index contributed by atoms with van der Waals surface area (Å²) in [5, 5.41) is 3.37. The van der Waals surface area contributed by atoms with Crippen LogP contribution in [0.3, 0.4) is 0 Å². The maximum Gasteiger partial charge on any atom is 0.252 e. The molecule has 0 aromatic heterocycles. The van der Waals surface area contributed by atoms with E-state index in [9.17, 15) is 4.79 Å². The van der Waals surface area contributed by atoms with Crippen LogP contribution in [0.15, 0.2) is 47.4 Å². The molecule has 0 atom stereocenters. The van der Waals surface area contributed by atoms with Crippen molar-refractivity contribution in [2.75, 3.05) is 13.2 Å². The first-order chi connectivity index (χ1) is 11.5. The summed E-state index contributed by atoms with van der Waals surface area (Å²) in [5.74, 6) is 0.814. The van der Waals surface area contributed by atoms with Gasteiger partial charge < -0.3 is 10.1 Å². The number of nitrogens with one attached hydrogen (secondary N) is 1. The van der Waals surface area contributed by atoms with Gasteiger partial charge in [0.05, 0.1) is 12.1 Å². The van der Waals surface area contributed by atoms with Crippen LogP contribution in [0.25, 0.3) is 0 Å². The minimum absolute atomic E-state index is 0.0528. The van der Waals surface area contributed by atoms with Crippen LogP contribution in [0.1, 0.15) is 35.3 Å². The Hall–Kier alpha value is -1.94. The summed E-state index contributed by atoms with van der Waals surface area (Å²) in [7, 11) is 0. The molecule has 0 aliphatic carbocycles. The molecule has 0 aliphatic rings. The number of ether oxygens (including phenoxy) is 1. The van der Waals surface area contributed by atoms with E-state index in [-0.39, 0.29) is 5.91 Å². The highest BCUT2D eigenvalue weighted by Crippen LogP contribution is 2.26. The highest BCUT2D eigenvalue weighted by Gasteiger charge is 2.12. The summed E-state index contributed by atoms with van der Waals surface area (Å²) in [6.45, 7) is 9.26. The van der Waals surface area contributed by atoms with Crippen molar-refractivity contribution in [3.05, 3.63) is 59.2 Å². The quantitative estimate of drug-likeness (QED) is 0.589. The average Bonchev–Trinajstić information content (AvgIpc) is 2.53. The highest BCUT2D eigenvalue weighted by molar-refractivity contribution is 8.00. The van der Waals surface area contributed by atoms with Gasteiger partial charge in [-0.05, 0) is 37.6 Å². The first-order valence-electron chi connectivity index (χ1n) is 8.21. The fraction of sp³-hybridized carbons (Fsp3) is 0.350. The zero-order valence-electron chi connectivity index (χ0n) is 14.8. The first kappa shape index (κ1) is 18.4. The second-order valence-corrected chi connectivity index (χ2v) is 7.65. The first-order valence-corrected chi connectivity index (χ1v) is 9.09. The lowest BCUT2D eigenvalue weighted by molar-refractivity contribution is 0.0944.